The number of carbonyl (C=O) groups excluding carboxylic acids is 2. The number of hydrogen-bond donors (Lipinski definition) is 3. The first-order valence-corrected chi connectivity index (χ1v) is 8.15. The predicted octanol–water partition coefficient (Wildman–Crippen LogP) is 3.40. The molecule has 10 heteroatoms. The van der Waals surface area contributed by atoms with E-state index in [1.54, 1.807) is 17.5 Å². The van der Waals surface area contributed by atoms with Crippen LogP contribution in [0.15, 0.2) is 35.7 Å². The van der Waals surface area contributed by atoms with Crippen molar-refractivity contribution in [3.05, 3.63) is 51.7 Å². The van der Waals surface area contributed by atoms with Gasteiger partial charge in [0.25, 0.3) is 5.91 Å². The second-order valence-electron chi connectivity index (χ2n) is 5.28. The minimum Gasteiger partial charge on any atom is -0.340 e. The highest BCUT2D eigenvalue weighted by molar-refractivity contribution is 7.12. The molecule has 5 nitrogen and oxygen atoms in total. The summed E-state index contributed by atoms with van der Waals surface area (Å²) in [6.07, 6.45) is -4.55. The largest absolute Gasteiger partial charge is 0.416 e. The lowest BCUT2D eigenvalue weighted by molar-refractivity contribution is -0.137. The Morgan fingerprint density at radius 3 is 2.50 bits per heavy atom. The average Bonchev–Trinajstić information content (AvgIpc) is 3.08. The van der Waals surface area contributed by atoms with E-state index in [0.29, 0.717) is 4.88 Å². The van der Waals surface area contributed by atoms with Gasteiger partial charge in [-0.05, 0) is 42.1 Å². The van der Waals surface area contributed by atoms with Gasteiger partial charge in [-0.15, -0.1) is 23.7 Å². The van der Waals surface area contributed by atoms with Crippen molar-refractivity contribution in [3.8, 4) is 0 Å². The van der Waals surface area contributed by atoms with Crippen molar-refractivity contribution in [2.45, 2.75) is 25.7 Å². The van der Waals surface area contributed by atoms with Gasteiger partial charge in [0.1, 0.15) is 6.04 Å². The molecule has 1 unspecified atom stereocenters. The van der Waals surface area contributed by atoms with Gasteiger partial charge in [-0.25, -0.2) is 0 Å². The van der Waals surface area contributed by atoms with Crippen LogP contribution in [0.3, 0.4) is 0 Å². The van der Waals surface area contributed by atoms with Crippen LogP contribution in [0.1, 0.15) is 27.7 Å². The first-order chi connectivity index (χ1) is 11.7. The van der Waals surface area contributed by atoms with Crippen molar-refractivity contribution in [1.29, 1.82) is 0 Å². The molecule has 0 aliphatic heterocycles. The number of alkyl halides is 3. The number of nitrogens with two attached hydrogens (primary N) is 1. The minimum absolute atomic E-state index is 0. The number of thiophene rings is 1. The number of rotatable bonds is 5. The second kappa shape index (κ2) is 9.02. The Morgan fingerprint density at radius 2 is 1.96 bits per heavy atom. The van der Waals surface area contributed by atoms with Gasteiger partial charge in [-0.1, -0.05) is 6.07 Å². The predicted molar refractivity (Wildman–Crippen MR) is 96.5 cm³/mol. The van der Waals surface area contributed by atoms with Crippen LogP contribution in [0.2, 0.25) is 0 Å². The second-order valence-corrected chi connectivity index (χ2v) is 6.23. The van der Waals surface area contributed by atoms with Crippen molar-refractivity contribution in [2.24, 2.45) is 5.73 Å². The summed E-state index contributed by atoms with van der Waals surface area (Å²) >= 11 is 1.22. The Balaban J connectivity index is 0.00000338. The van der Waals surface area contributed by atoms with Gasteiger partial charge >= 0.3 is 6.18 Å². The van der Waals surface area contributed by atoms with E-state index in [0.717, 1.165) is 12.1 Å². The quantitative estimate of drug-likeness (QED) is 0.710. The normalized spacial score (nSPS) is 12.0. The summed E-state index contributed by atoms with van der Waals surface area (Å²) in [5.41, 5.74) is 4.71. The molecule has 0 radical (unpaired) electrons. The molecule has 0 aliphatic carbocycles. The number of amides is 2. The first kappa shape index (κ1) is 21.9. The lowest BCUT2D eigenvalue weighted by Gasteiger charge is -2.16. The standard InChI is InChI=1S/C16H16F3N3O2S.ClH/c1-9(21-15(24)13-3-2-4-25-13)14(23)22-12-6-10(8-20)5-11(7-12)16(17,18)19;/h2-7,9H,8,20H2,1H3,(H,21,24)(H,22,23);1H. The van der Waals surface area contributed by atoms with E-state index in [1.165, 1.54) is 24.3 Å². The Bertz CT molecular complexity index is 767. The summed E-state index contributed by atoms with van der Waals surface area (Å²) in [7, 11) is 0. The third-order valence-corrected chi connectivity index (χ3v) is 4.18. The fourth-order valence-corrected chi connectivity index (χ4v) is 2.66. The van der Waals surface area contributed by atoms with E-state index in [9.17, 15) is 22.8 Å². The monoisotopic (exact) mass is 407 g/mol. The molecule has 1 aromatic carbocycles. The van der Waals surface area contributed by atoms with Crippen LogP contribution in [0, 0.1) is 0 Å². The molecule has 2 amide bonds. The number of anilines is 1. The van der Waals surface area contributed by atoms with Crippen LogP contribution in [0.4, 0.5) is 18.9 Å². The number of nitrogens with one attached hydrogen (secondary N) is 2. The maximum Gasteiger partial charge on any atom is 0.416 e. The van der Waals surface area contributed by atoms with Crippen LogP contribution in [0.25, 0.3) is 0 Å². The topological polar surface area (TPSA) is 84.2 Å². The summed E-state index contributed by atoms with van der Waals surface area (Å²) < 4.78 is 38.7. The maximum absolute atomic E-state index is 12.9. The van der Waals surface area contributed by atoms with Gasteiger partial charge in [0, 0.05) is 12.2 Å². The average molecular weight is 408 g/mol. The number of carbonyl (C=O) groups is 2. The number of halogens is 4. The fourth-order valence-electron chi connectivity index (χ4n) is 2.04. The molecule has 1 aromatic heterocycles. The van der Waals surface area contributed by atoms with Crippen molar-refractivity contribution in [2.75, 3.05) is 5.32 Å². The lowest BCUT2D eigenvalue weighted by atomic mass is 10.1. The van der Waals surface area contributed by atoms with E-state index in [1.807, 2.05) is 0 Å². The van der Waals surface area contributed by atoms with Crippen molar-refractivity contribution >= 4 is 41.2 Å². The third-order valence-electron chi connectivity index (χ3n) is 3.31. The van der Waals surface area contributed by atoms with Crippen molar-refractivity contribution in [1.82, 2.24) is 5.32 Å². The molecule has 0 saturated heterocycles. The summed E-state index contributed by atoms with van der Waals surface area (Å²) in [5, 5.41) is 6.58. The molecule has 2 aromatic rings. The Labute approximate surface area is 158 Å². The van der Waals surface area contributed by atoms with E-state index >= 15 is 0 Å². The number of benzene rings is 1. The molecule has 0 saturated carbocycles. The van der Waals surface area contributed by atoms with Crippen LogP contribution in [0.5, 0.6) is 0 Å². The highest BCUT2D eigenvalue weighted by Crippen LogP contribution is 2.32. The Morgan fingerprint density at radius 1 is 1.27 bits per heavy atom. The first-order valence-electron chi connectivity index (χ1n) is 7.27. The zero-order valence-corrected chi connectivity index (χ0v) is 15.2. The molecule has 0 bridgehead atoms. The molecule has 142 valence electrons. The molecule has 0 spiro atoms. The smallest absolute Gasteiger partial charge is 0.340 e. The molecule has 1 heterocycles. The Kier molecular flexibility index (Phi) is 7.61. The zero-order chi connectivity index (χ0) is 18.6. The molecule has 2 rings (SSSR count). The number of hydrogen-bond acceptors (Lipinski definition) is 4. The molecular weight excluding hydrogens is 391 g/mol. The van der Waals surface area contributed by atoms with Crippen molar-refractivity contribution in [3.63, 3.8) is 0 Å². The summed E-state index contributed by atoms with van der Waals surface area (Å²) in [5.74, 6) is -1.06. The van der Waals surface area contributed by atoms with Gasteiger partial charge in [0.05, 0.1) is 10.4 Å². The van der Waals surface area contributed by atoms with Crippen molar-refractivity contribution < 1.29 is 22.8 Å². The minimum atomic E-state index is -4.55. The SMILES string of the molecule is CC(NC(=O)c1cccs1)C(=O)Nc1cc(CN)cc(C(F)(F)F)c1.Cl. The van der Waals surface area contributed by atoms with E-state index < -0.39 is 29.6 Å². The van der Waals surface area contributed by atoms with Gasteiger partial charge in [-0.2, -0.15) is 13.2 Å². The molecular formula is C16H17ClF3N3O2S. The maximum atomic E-state index is 12.9. The van der Waals surface area contributed by atoms with Crippen LogP contribution < -0.4 is 16.4 Å². The van der Waals surface area contributed by atoms with Crippen LogP contribution >= 0.6 is 23.7 Å². The third kappa shape index (κ3) is 5.72. The van der Waals surface area contributed by atoms with E-state index in [-0.39, 0.29) is 30.2 Å². The summed E-state index contributed by atoms with van der Waals surface area (Å²) in [4.78, 5) is 24.5. The summed E-state index contributed by atoms with van der Waals surface area (Å²) in [6.45, 7) is 1.34. The van der Waals surface area contributed by atoms with Gasteiger partial charge in [0.2, 0.25) is 5.91 Å². The molecule has 0 fully saturated rings. The highest BCUT2D eigenvalue weighted by Gasteiger charge is 2.31. The van der Waals surface area contributed by atoms with E-state index in [4.69, 9.17) is 5.73 Å². The molecule has 1 atom stereocenters. The van der Waals surface area contributed by atoms with Gasteiger partial charge in [-0.3, -0.25) is 9.59 Å². The van der Waals surface area contributed by atoms with Gasteiger partial charge < -0.3 is 16.4 Å². The molecule has 4 N–H and O–H groups in total. The molecule has 0 aliphatic rings. The van der Waals surface area contributed by atoms with Gasteiger partial charge in [0.15, 0.2) is 0 Å². The fraction of sp³-hybridized carbons (Fsp3) is 0.250. The summed E-state index contributed by atoms with van der Waals surface area (Å²) in [6, 6.07) is 5.49. The van der Waals surface area contributed by atoms with E-state index in [2.05, 4.69) is 10.6 Å². The molecule has 26 heavy (non-hydrogen) atoms. The van der Waals surface area contributed by atoms with Crippen LogP contribution in [-0.4, -0.2) is 17.9 Å². The lowest BCUT2D eigenvalue weighted by Crippen LogP contribution is -2.41. The van der Waals surface area contributed by atoms with Crippen LogP contribution in [-0.2, 0) is 17.5 Å². The Hall–Kier alpha value is -2.10. The highest BCUT2D eigenvalue weighted by atomic mass is 35.5. The zero-order valence-electron chi connectivity index (χ0n) is 13.6.